The van der Waals surface area contributed by atoms with E-state index in [-0.39, 0.29) is 23.4 Å². The number of nitrogens with one attached hydrogen (secondary N) is 1. The second kappa shape index (κ2) is 10.5. The molecule has 0 unspecified atom stereocenters. The summed E-state index contributed by atoms with van der Waals surface area (Å²) in [5, 5.41) is 2.52. The van der Waals surface area contributed by atoms with E-state index in [1.54, 1.807) is 24.3 Å². The molecule has 2 aliphatic heterocycles. The number of fused-ring (bicyclic) bond motifs is 1. The first-order valence-corrected chi connectivity index (χ1v) is 12.9. The fourth-order valence-electron chi connectivity index (χ4n) is 4.19. The minimum Gasteiger partial charge on any atom is -0.353 e. The Bertz CT molecular complexity index is 1130. The maximum absolute atomic E-state index is 12.7. The number of benzene rings is 2. The number of nitrogens with zero attached hydrogens (tertiary/aromatic N) is 3. The smallest absolute Gasteiger partial charge is 0.262 e. The number of hydrogen-bond acceptors (Lipinski definition) is 6. The third-order valence-corrected chi connectivity index (χ3v) is 8.02. The SMILES string of the molecule is O=C(CN1C(=O)c2ccccc2C1=O)NCCS(=O)(=O)N1CCN(CCc2ccccc2)CC1. The van der Waals surface area contributed by atoms with Gasteiger partial charge in [0.1, 0.15) is 6.54 Å². The summed E-state index contributed by atoms with van der Waals surface area (Å²) < 4.78 is 26.8. The summed E-state index contributed by atoms with van der Waals surface area (Å²) in [5.41, 5.74) is 1.80. The molecule has 0 aliphatic carbocycles. The lowest BCUT2D eigenvalue weighted by atomic mass is 10.1. The van der Waals surface area contributed by atoms with Crippen molar-refractivity contribution in [2.45, 2.75) is 6.42 Å². The Morgan fingerprint density at radius 2 is 1.44 bits per heavy atom. The molecule has 0 spiro atoms. The Morgan fingerprint density at radius 3 is 2.06 bits per heavy atom. The molecule has 2 aromatic carbocycles. The molecule has 10 heteroatoms. The second-order valence-electron chi connectivity index (χ2n) is 8.38. The Balaban J connectivity index is 1.19. The van der Waals surface area contributed by atoms with Gasteiger partial charge in [-0.2, -0.15) is 4.31 Å². The van der Waals surface area contributed by atoms with Crippen molar-refractivity contribution in [2.75, 3.05) is 51.6 Å². The molecule has 0 bridgehead atoms. The highest BCUT2D eigenvalue weighted by atomic mass is 32.2. The quantitative estimate of drug-likeness (QED) is 0.522. The van der Waals surface area contributed by atoms with E-state index in [1.807, 2.05) is 18.2 Å². The lowest BCUT2D eigenvalue weighted by Gasteiger charge is -2.34. The zero-order chi connectivity index (χ0) is 24.1. The van der Waals surface area contributed by atoms with Crippen molar-refractivity contribution in [3.05, 3.63) is 71.3 Å². The molecular formula is C24H28N4O5S. The van der Waals surface area contributed by atoms with Crippen LogP contribution in [0.5, 0.6) is 0 Å². The van der Waals surface area contributed by atoms with Gasteiger partial charge in [0, 0.05) is 39.3 Å². The zero-order valence-electron chi connectivity index (χ0n) is 18.9. The molecule has 3 amide bonds. The summed E-state index contributed by atoms with van der Waals surface area (Å²) in [5.74, 6) is -1.84. The summed E-state index contributed by atoms with van der Waals surface area (Å²) in [6.45, 7) is 2.52. The van der Waals surface area contributed by atoms with Gasteiger partial charge in [0.15, 0.2) is 0 Å². The first-order chi connectivity index (χ1) is 16.3. The fourth-order valence-corrected chi connectivity index (χ4v) is 5.53. The van der Waals surface area contributed by atoms with Crippen LogP contribution in [0.3, 0.4) is 0 Å². The molecule has 2 heterocycles. The number of hydrogen-bond donors (Lipinski definition) is 1. The fraction of sp³-hybridized carbons (Fsp3) is 0.375. The van der Waals surface area contributed by atoms with Gasteiger partial charge in [0.05, 0.1) is 16.9 Å². The predicted molar refractivity (Wildman–Crippen MR) is 127 cm³/mol. The molecule has 180 valence electrons. The molecule has 2 aliphatic rings. The van der Waals surface area contributed by atoms with Crippen LogP contribution < -0.4 is 5.32 Å². The third kappa shape index (κ3) is 5.52. The van der Waals surface area contributed by atoms with Gasteiger partial charge in [-0.3, -0.25) is 19.3 Å². The lowest BCUT2D eigenvalue weighted by Crippen LogP contribution is -2.50. The molecule has 4 rings (SSSR count). The number of rotatable bonds is 9. The highest BCUT2D eigenvalue weighted by molar-refractivity contribution is 7.89. The van der Waals surface area contributed by atoms with E-state index in [2.05, 4.69) is 22.3 Å². The third-order valence-electron chi connectivity index (χ3n) is 6.15. The molecule has 34 heavy (non-hydrogen) atoms. The summed E-state index contributed by atoms with van der Waals surface area (Å²) in [4.78, 5) is 40.1. The van der Waals surface area contributed by atoms with E-state index in [0.717, 1.165) is 17.9 Å². The van der Waals surface area contributed by atoms with Crippen LogP contribution in [-0.2, 0) is 21.2 Å². The van der Waals surface area contributed by atoms with E-state index >= 15 is 0 Å². The molecule has 1 N–H and O–H groups in total. The Morgan fingerprint density at radius 1 is 0.853 bits per heavy atom. The van der Waals surface area contributed by atoms with Gasteiger partial charge in [0.25, 0.3) is 11.8 Å². The molecule has 0 aromatic heterocycles. The van der Waals surface area contributed by atoms with Gasteiger partial charge in [-0.1, -0.05) is 42.5 Å². The minimum atomic E-state index is -3.52. The van der Waals surface area contributed by atoms with Gasteiger partial charge in [-0.15, -0.1) is 0 Å². The Labute approximate surface area is 199 Å². The molecule has 0 saturated carbocycles. The summed E-state index contributed by atoms with van der Waals surface area (Å²) in [6.07, 6.45) is 0.923. The molecular weight excluding hydrogens is 456 g/mol. The highest BCUT2D eigenvalue weighted by Crippen LogP contribution is 2.21. The van der Waals surface area contributed by atoms with Crippen molar-refractivity contribution in [1.82, 2.24) is 19.4 Å². The molecule has 2 aromatic rings. The Kier molecular flexibility index (Phi) is 7.40. The topological polar surface area (TPSA) is 107 Å². The Hall–Kier alpha value is -3.08. The van der Waals surface area contributed by atoms with E-state index in [0.29, 0.717) is 26.2 Å². The van der Waals surface area contributed by atoms with Crippen LogP contribution in [0.1, 0.15) is 26.3 Å². The van der Waals surface area contributed by atoms with Crippen LogP contribution in [0, 0.1) is 0 Å². The summed E-state index contributed by atoms with van der Waals surface area (Å²) in [6, 6.07) is 16.6. The van der Waals surface area contributed by atoms with Crippen molar-refractivity contribution in [3.63, 3.8) is 0 Å². The molecule has 0 radical (unpaired) electrons. The van der Waals surface area contributed by atoms with Crippen LogP contribution in [0.25, 0.3) is 0 Å². The molecule has 0 atom stereocenters. The summed E-state index contributed by atoms with van der Waals surface area (Å²) >= 11 is 0. The van der Waals surface area contributed by atoms with Crippen molar-refractivity contribution < 1.29 is 22.8 Å². The predicted octanol–water partition coefficient (Wildman–Crippen LogP) is 0.589. The largest absolute Gasteiger partial charge is 0.353 e. The number of carbonyl (C=O) groups is 3. The number of amides is 3. The van der Waals surface area contributed by atoms with E-state index in [1.165, 1.54) is 9.87 Å². The minimum absolute atomic E-state index is 0.0848. The van der Waals surface area contributed by atoms with Crippen LogP contribution in [0.4, 0.5) is 0 Å². The first-order valence-electron chi connectivity index (χ1n) is 11.3. The van der Waals surface area contributed by atoms with E-state index < -0.39 is 34.3 Å². The number of carbonyl (C=O) groups excluding carboxylic acids is 3. The average Bonchev–Trinajstić information content (AvgIpc) is 3.08. The first kappa shape index (κ1) is 24.1. The zero-order valence-corrected chi connectivity index (χ0v) is 19.7. The van der Waals surface area contributed by atoms with Gasteiger partial charge < -0.3 is 10.2 Å². The van der Waals surface area contributed by atoms with Crippen molar-refractivity contribution in [2.24, 2.45) is 0 Å². The second-order valence-corrected chi connectivity index (χ2v) is 10.5. The van der Waals surface area contributed by atoms with E-state index in [4.69, 9.17) is 0 Å². The van der Waals surface area contributed by atoms with Crippen LogP contribution >= 0.6 is 0 Å². The monoisotopic (exact) mass is 484 g/mol. The maximum Gasteiger partial charge on any atom is 0.262 e. The standard InChI is InChI=1S/C24H28N4O5S/c29-22(18-28-23(30)20-8-4-5-9-21(20)24(28)31)25-11-17-34(32,33)27-15-13-26(14-16-27)12-10-19-6-2-1-3-7-19/h1-9H,10-18H2,(H,25,29). The van der Waals surface area contributed by atoms with Crippen molar-refractivity contribution >= 4 is 27.7 Å². The van der Waals surface area contributed by atoms with Crippen LogP contribution in [0.15, 0.2) is 54.6 Å². The van der Waals surface area contributed by atoms with Gasteiger partial charge in [-0.05, 0) is 24.1 Å². The molecule has 9 nitrogen and oxygen atoms in total. The number of sulfonamides is 1. The highest BCUT2D eigenvalue weighted by Gasteiger charge is 2.36. The number of piperazine rings is 1. The lowest BCUT2D eigenvalue weighted by molar-refractivity contribution is -0.121. The van der Waals surface area contributed by atoms with Gasteiger partial charge in [0.2, 0.25) is 15.9 Å². The number of imide groups is 1. The van der Waals surface area contributed by atoms with Gasteiger partial charge >= 0.3 is 0 Å². The normalized spacial score (nSPS) is 17.1. The van der Waals surface area contributed by atoms with E-state index in [9.17, 15) is 22.8 Å². The van der Waals surface area contributed by atoms with Gasteiger partial charge in [-0.25, -0.2) is 8.42 Å². The molecule has 1 fully saturated rings. The molecule has 1 saturated heterocycles. The summed E-state index contributed by atoms with van der Waals surface area (Å²) in [7, 11) is -3.52. The maximum atomic E-state index is 12.7. The van der Waals surface area contributed by atoms with Crippen LogP contribution in [0.2, 0.25) is 0 Å². The van der Waals surface area contributed by atoms with Crippen LogP contribution in [-0.4, -0.2) is 91.8 Å². The van der Waals surface area contributed by atoms with Crippen molar-refractivity contribution in [1.29, 1.82) is 0 Å². The van der Waals surface area contributed by atoms with Crippen molar-refractivity contribution in [3.8, 4) is 0 Å². The average molecular weight is 485 g/mol.